The van der Waals surface area contributed by atoms with E-state index in [9.17, 15) is 0 Å². The monoisotopic (exact) mass is 374 g/mol. The molecule has 0 bridgehead atoms. The lowest BCUT2D eigenvalue weighted by Crippen LogP contribution is -1.89. The van der Waals surface area contributed by atoms with Gasteiger partial charge >= 0.3 is 0 Å². The summed E-state index contributed by atoms with van der Waals surface area (Å²) >= 11 is 0. The van der Waals surface area contributed by atoms with Gasteiger partial charge in [0.05, 0.1) is 30.8 Å². The molecule has 6 heteroatoms. The minimum atomic E-state index is 0.579. The van der Waals surface area contributed by atoms with Crippen LogP contribution in [0.15, 0.2) is 87.2 Å². The topological polar surface area (TPSA) is 67.9 Å². The lowest BCUT2D eigenvalue weighted by molar-refractivity contribution is 0.340. The molecule has 0 saturated heterocycles. The van der Waals surface area contributed by atoms with E-state index < -0.39 is 0 Å². The fourth-order valence-electron chi connectivity index (χ4n) is 2.50. The third kappa shape index (κ3) is 5.23. The quantitative estimate of drug-likeness (QED) is 0.409. The van der Waals surface area contributed by atoms with E-state index in [0.29, 0.717) is 23.7 Å². The average molecular weight is 374 g/mol. The number of hydrogen-bond donors (Lipinski definition) is 0. The molecule has 0 radical (unpaired) electrons. The Morgan fingerprint density at radius 3 is 2.11 bits per heavy atom. The Balaban J connectivity index is 1.75. The summed E-state index contributed by atoms with van der Waals surface area (Å²) in [6.45, 7) is 4.60. The van der Waals surface area contributed by atoms with Crippen LogP contribution < -0.4 is 9.47 Å². The first kappa shape index (κ1) is 19.2. The number of ether oxygens (including phenoxy) is 2. The zero-order valence-electron chi connectivity index (χ0n) is 16.2. The number of azo groups is 2. The SMILES string of the molecule is CCOc1ccc(N=Nc2ccc(N=Nc3cccc(C)c3)cc2OC)cc1. The molecular formula is C22H22N4O2. The van der Waals surface area contributed by atoms with Crippen LogP contribution in [0.4, 0.5) is 22.7 Å². The second kappa shape index (κ2) is 9.41. The minimum Gasteiger partial charge on any atom is -0.494 e. The van der Waals surface area contributed by atoms with E-state index in [1.165, 1.54) is 0 Å². The van der Waals surface area contributed by atoms with Gasteiger partial charge in [-0.1, -0.05) is 12.1 Å². The van der Waals surface area contributed by atoms with E-state index in [0.717, 1.165) is 22.7 Å². The van der Waals surface area contributed by atoms with Crippen molar-refractivity contribution in [1.82, 2.24) is 0 Å². The van der Waals surface area contributed by atoms with Crippen LogP contribution in [0.5, 0.6) is 11.5 Å². The van der Waals surface area contributed by atoms with Crippen LogP contribution in [-0.2, 0) is 0 Å². The molecule has 6 nitrogen and oxygen atoms in total. The molecule has 0 aliphatic heterocycles. The van der Waals surface area contributed by atoms with Crippen molar-refractivity contribution in [3.8, 4) is 11.5 Å². The number of nitrogens with zero attached hydrogens (tertiary/aromatic N) is 4. The van der Waals surface area contributed by atoms with Crippen molar-refractivity contribution >= 4 is 22.7 Å². The maximum atomic E-state index is 5.42. The van der Waals surface area contributed by atoms with E-state index >= 15 is 0 Å². The van der Waals surface area contributed by atoms with Crippen LogP contribution in [0.1, 0.15) is 12.5 Å². The summed E-state index contributed by atoms with van der Waals surface area (Å²) in [6, 6.07) is 20.7. The molecule has 0 N–H and O–H groups in total. The van der Waals surface area contributed by atoms with Gasteiger partial charge in [0.25, 0.3) is 0 Å². The predicted octanol–water partition coefficient (Wildman–Crippen LogP) is 7.23. The van der Waals surface area contributed by atoms with Gasteiger partial charge in [-0.05, 0) is 67.9 Å². The molecule has 0 aliphatic rings. The van der Waals surface area contributed by atoms with E-state index in [1.807, 2.05) is 74.5 Å². The highest BCUT2D eigenvalue weighted by Crippen LogP contribution is 2.33. The van der Waals surface area contributed by atoms with Gasteiger partial charge in [-0.3, -0.25) is 0 Å². The maximum absolute atomic E-state index is 5.42. The number of hydrogen-bond acceptors (Lipinski definition) is 6. The largest absolute Gasteiger partial charge is 0.494 e. The highest BCUT2D eigenvalue weighted by molar-refractivity contribution is 5.59. The van der Waals surface area contributed by atoms with Crippen LogP contribution >= 0.6 is 0 Å². The fraction of sp³-hybridized carbons (Fsp3) is 0.182. The van der Waals surface area contributed by atoms with Gasteiger partial charge in [-0.25, -0.2) is 0 Å². The fourth-order valence-corrected chi connectivity index (χ4v) is 2.50. The first-order chi connectivity index (χ1) is 13.7. The molecular weight excluding hydrogens is 352 g/mol. The predicted molar refractivity (Wildman–Crippen MR) is 110 cm³/mol. The molecule has 3 rings (SSSR count). The zero-order chi connectivity index (χ0) is 19.8. The molecule has 0 fully saturated rings. The average Bonchev–Trinajstić information content (AvgIpc) is 2.72. The molecule has 0 atom stereocenters. The Kier molecular flexibility index (Phi) is 6.46. The van der Waals surface area contributed by atoms with E-state index in [1.54, 1.807) is 13.2 Å². The Bertz CT molecular complexity index is 982. The molecule has 3 aromatic rings. The molecule has 28 heavy (non-hydrogen) atoms. The lowest BCUT2D eigenvalue weighted by atomic mass is 10.2. The van der Waals surface area contributed by atoms with Crippen molar-refractivity contribution in [1.29, 1.82) is 0 Å². The van der Waals surface area contributed by atoms with E-state index in [4.69, 9.17) is 9.47 Å². The zero-order valence-corrected chi connectivity index (χ0v) is 16.2. The first-order valence-corrected chi connectivity index (χ1v) is 8.99. The van der Waals surface area contributed by atoms with Crippen molar-refractivity contribution < 1.29 is 9.47 Å². The van der Waals surface area contributed by atoms with Gasteiger partial charge in [-0.15, -0.1) is 5.11 Å². The van der Waals surface area contributed by atoms with Crippen LogP contribution in [-0.4, -0.2) is 13.7 Å². The summed E-state index contributed by atoms with van der Waals surface area (Å²) in [7, 11) is 1.59. The summed E-state index contributed by atoms with van der Waals surface area (Å²) in [6.07, 6.45) is 0. The van der Waals surface area contributed by atoms with Crippen molar-refractivity contribution in [3.63, 3.8) is 0 Å². The Hall–Kier alpha value is -3.54. The van der Waals surface area contributed by atoms with Crippen molar-refractivity contribution in [2.24, 2.45) is 20.5 Å². The lowest BCUT2D eigenvalue weighted by Gasteiger charge is -2.04. The molecule has 0 aliphatic carbocycles. The molecule has 0 unspecified atom stereocenters. The molecule has 3 aromatic carbocycles. The van der Waals surface area contributed by atoms with Crippen LogP contribution in [0.25, 0.3) is 0 Å². The Morgan fingerprint density at radius 2 is 1.43 bits per heavy atom. The second-order valence-electron chi connectivity index (χ2n) is 6.02. The van der Waals surface area contributed by atoms with Gasteiger partial charge in [0.15, 0.2) is 0 Å². The standard InChI is InChI=1S/C22H22N4O2/c1-4-28-20-11-8-17(9-12-20)23-26-21-13-10-19(15-22(21)27-3)25-24-18-7-5-6-16(2)14-18/h5-15H,4H2,1-3H3. The summed E-state index contributed by atoms with van der Waals surface area (Å²) in [5.41, 5.74) is 3.97. The summed E-state index contributed by atoms with van der Waals surface area (Å²) in [5.74, 6) is 1.39. The van der Waals surface area contributed by atoms with Gasteiger partial charge in [0.2, 0.25) is 0 Å². The van der Waals surface area contributed by atoms with Crippen LogP contribution in [0.2, 0.25) is 0 Å². The van der Waals surface area contributed by atoms with E-state index in [-0.39, 0.29) is 0 Å². The molecule has 142 valence electrons. The van der Waals surface area contributed by atoms with Crippen molar-refractivity contribution in [2.75, 3.05) is 13.7 Å². The number of methoxy groups -OCH3 is 1. The van der Waals surface area contributed by atoms with Crippen LogP contribution in [0.3, 0.4) is 0 Å². The third-order valence-corrected chi connectivity index (χ3v) is 3.87. The van der Waals surface area contributed by atoms with Gasteiger partial charge < -0.3 is 9.47 Å². The van der Waals surface area contributed by atoms with E-state index in [2.05, 4.69) is 20.5 Å². The number of benzene rings is 3. The van der Waals surface area contributed by atoms with Gasteiger partial charge in [0, 0.05) is 6.07 Å². The third-order valence-electron chi connectivity index (χ3n) is 3.87. The molecule has 0 amide bonds. The Labute approximate surface area is 164 Å². The first-order valence-electron chi connectivity index (χ1n) is 8.99. The van der Waals surface area contributed by atoms with Crippen LogP contribution in [0, 0.1) is 6.92 Å². The minimum absolute atomic E-state index is 0.579. The van der Waals surface area contributed by atoms with Crippen molar-refractivity contribution in [3.05, 3.63) is 72.3 Å². The molecule has 0 spiro atoms. The maximum Gasteiger partial charge on any atom is 0.148 e. The highest BCUT2D eigenvalue weighted by atomic mass is 16.5. The summed E-state index contributed by atoms with van der Waals surface area (Å²) < 4.78 is 10.8. The van der Waals surface area contributed by atoms with Gasteiger partial charge in [0.1, 0.15) is 17.2 Å². The smallest absolute Gasteiger partial charge is 0.148 e. The number of aryl methyl sites for hydroxylation is 1. The summed E-state index contributed by atoms with van der Waals surface area (Å²) in [5, 5.41) is 17.1. The normalized spacial score (nSPS) is 11.2. The molecule has 0 saturated carbocycles. The highest BCUT2D eigenvalue weighted by Gasteiger charge is 2.04. The molecule has 0 aromatic heterocycles. The molecule has 0 heterocycles. The van der Waals surface area contributed by atoms with Gasteiger partial charge in [-0.2, -0.15) is 15.3 Å². The second-order valence-corrected chi connectivity index (χ2v) is 6.02. The Morgan fingerprint density at radius 1 is 0.750 bits per heavy atom. The summed E-state index contributed by atoms with van der Waals surface area (Å²) in [4.78, 5) is 0. The number of rotatable bonds is 7. The van der Waals surface area contributed by atoms with Crippen molar-refractivity contribution in [2.45, 2.75) is 13.8 Å².